The number of carbonyl (C=O) groups excluding carboxylic acids is 1. The molecular weight excluding hydrogens is 352 g/mol. The lowest BCUT2D eigenvalue weighted by Crippen LogP contribution is -2.60. The van der Waals surface area contributed by atoms with Crippen molar-refractivity contribution in [3.05, 3.63) is 35.6 Å². The van der Waals surface area contributed by atoms with E-state index in [1.54, 1.807) is 12.1 Å². The highest BCUT2D eigenvalue weighted by Crippen LogP contribution is 2.41. The first-order valence-corrected chi connectivity index (χ1v) is 8.66. The topological polar surface area (TPSA) is 32.8 Å². The van der Waals surface area contributed by atoms with Crippen molar-refractivity contribution in [3.63, 3.8) is 0 Å². The van der Waals surface area contributed by atoms with E-state index in [9.17, 15) is 22.4 Å². The number of benzene rings is 1. The zero-order chi connectivity index (χ0) is 18.9. The Morgan fingerprint density at radius 2 is 1.77 bits per heavy atom. The minimum Gasteiger partial charge on any atom is -0.437 e. The van der Waals surface area contributed by atoms with Gasteiger partial charge in [-0.2, -0.15) is 13.2 Å². The average molecular weight is 374 g/mol. The Morgan fingerprint density at radius 1 is 1.19 bits per heavy atom. The molecule has 1 unspecified atom stereocenters. The lowest BCUT2D eigenvalue weighted by atomic mass is 9.72. The number of rotatable bonds is 3. The van der Waals surface area contributed by atoms with Gasteiger partial charge >= 0.3 is 12.3 Å². The molecule has 2 aliphatic heterocycles. The molecule has 2 aliphatic rings. The molecule has 0 bridgehead atoms. The van der Waals surface area contributed by atoms with Gasteiger partial charge in [-0.1, -0.05) is 12.1 Å². The van der Waals surface area contributed by atoms with Crippen molar-refractivity contribution in [1.29, 1.82) is 0 Å². The van der Waals surface area contributed by atoms with Gasteiger partial charge in [0.1, 0.15) is 5.82 Å². The normalized spacial score (nSPS) is 21.3. The quantitative estimate of drug-likeness (QED) is 0.755. The molecule has 0 N–H and O–H groups in total. The van der Waals surface area contributed by atoms with Gasteiger partial charge in [0.2, 0.25) is 0 Å². The van der Waals surface area contributed by atoms with Gasteiger partial charge in [-0.25, -0.2) is 9.18 Å². The van der Waals surface area contributed by atoms with Crippen LogP contribution in [0.5, 0.6) is 0 Å². The summed E-state index contributed by atoms with van der Waals surface area (Å²) in [5, 5.41) is 0. The van der Waals surface area contributed by atoms with Gasteiger partial charge in [-0.3, -0.25) is 4.90 Å². The van der Waals surface area contributed by atoms with Crippen LogP contribution in [0.2, 0.25) is 0 Å². The molecule has 1 atom stereocenters. The van der Waals surface area contributed by atoms with Crippen molar-refractivity contribution in [1.82, 2.24) is 9.80 Å². The van der Waals surface area contributed by atoms with Crippen LogP contribution < -0.4 is 0 Å². The van der Waals surface area contributed by atoms with Gasteiger partial charge in [0, 0.05) is 32.7 Å². The van der Waals surface area contributed by atoms with Crippen LogP contribution in [-0.4, -0.2) is 54.4 Å². The van der Waals surface area contributed by atoms with Crippen LogP contribution in [0, 0.1) is 11.2 Å². The van der Waals surface area contributed by atoms with Gasteiger partial charge in [0.05, 0.1) is 0 Å². The molecule has 2 heterocycles. The lowest BCUT2D eigenvalue weighted by Gasteiger charge is -2.54. The third-order valence-corrected chi connectivity index (χ3v) is 5.26. The number of hydrogen-bond acceptors (Lipinski definition) is 3. The van der Waals surface area contributed by atoms with Crippen molar-refractivity contribution in [2.75, 3.05) is 26.2 Å². The number of ether oxygens (including phenoxy) is 1. The van der Waals surface area contributed by atoms with E-state index in [2.05, 4.69) is 9.64 Å². The molecule has 1 spiro atoms. The minimum atomic E-state index is -4.54. The van der Waals surface area contributed by atoms with Crippen molar-refractivity contribution in [3.8, 4) is 0 Å². The van der Waals surface area contributed by atoms with E-state index in [-0.39, 0.29) is 11.2 Å². The van der Waals surface area contributed by atoms with Crippen LogP contribution >= 0.6 is 0 Å². The molecule has 1 aromatic rings. The summed E-state index contributed by atoms with van der Waals surface area (Å²) in [5.41, 5.74) is 1.16. The van der Waals surface area contributed by atoms with Gasteiger partial charge in [0.25, 0.3) is 0 Å². The fourth-order valence-corrected chi connectivity index (χ4v) is 3.63. The molecule has 144 valence electrons. The second-order valence-electron chi connectivity index (χ2n) is 7.33. The molecule has 2 fully saturated rings. The van der Waals surface area contributed by atoms with E-state index in [0.717, 1.165) is 45.0 Å². The van der Waals surface area contributed by atoms with Crippen LogP contribution in [0.25, 0.3) is 0 Å². The number of halogens is 4. The van der Waals surface area contributed by atoms with Gasteiger partial charge in [-0.15, -0.1) is 0 Å². The number of amides is 1. The van der Waals surface area contributed by atoms with Crippen molar-refractivity contribution in [2.45, 2.75) is 38.6 Å². The van der Waals surface area contributed by atoms with Crippen molar-refractivity contribution < 1.29 is 27.1 Å². The summed E-state index contributed by atoms with van der Waals surface area (Å²) in [6, 6.07) is 6.41. The molecule has 1 amide bonds. The summed E-state index contributed by atoms with van der Waals surface area (Å²) in [5.74, 6) is -0.257. The highest BCUT2D eigenvalue weighted by atomic mass is 19.4. The Kier molecular flexibility index (Phi) is 5.14. The Morgan fingerprint density at radius 3 is 2.31 bits per heavy atom. The number of hydrogen-bond donors (Lipinski definition) is 0. The zero-order valence-electron chi connectivity index (χ0n) is 14.6. The molecule has 0 saturated carbocycles. The Labute approximate surface area is 149 Å². The average Bonchev–Trinajstić information content (AvgIpc) is 2.55. The maximum absolute atomic E-state index is 12.9. The number of piperidine rings is 1. The SMILES string of the molecule is CC(OC(=O)N1CCC2(CC1)CN(Cc1ccc(F)cc1)C2)C(F)(F)F. The Balaban J connectivity index is 1.43. The summed E-state index contributed by atoms with van der Waals surface area (Å²) in [6.07, 6.45) is -6.03. The maximum Gasteiger partial charge on any atom is 0.425 e. The predicted molar refractivity (Wildman–Crippen MR) is 86.9 cm³/mol. The Bertz CT molecular complexity index is 632. The highest BCUT2D eigenvalue weighted by Gasteiger charge is 2.46. The summed E-state index contributed by atoms with van der Waals surface area (Å²) in [6.45, 7) is 4.17. The molecule has 26 heavy (non-hydrogen) atoms. The van der Waals surface area contributed by atoms with Crippen LogP contribution in [0.15, 0.2) is 24.3 Å². The first kappa shape index (κ1) is 18.9. The number of likely N-dealkylation sites (tertiary alicyclic amines) is 2. The second kappa shape index (κ2) is 7.06. The fraction of sp³-hybridized carbons (Fsp3) is 0.611. The Hall–Kier alpha value is -1.83. The smallest absolute Gasteiger partial charge is 0.425 e. The second-order valence-corrected chi connectivity index (χ2v) is 7.33. The molecule has 4 nitrogen and oxygen atoms in total. The predicted octanol–water partition coefficient (Wildman–Crippen LogP) is 3.81. The molecule has 1 aromatic carbocycles. The van der Waals surface area contributed by atoms with E-state index >= 15 is 0 Å². The number of alkyl halides is 3. The fourth-order valence-electron chi connectivity index (χ4n) is 3.63. The first-order valence-electron chi connectivity index (χ1n) is 8.66. The van der Waals surface area contributed by atoms with Gasteiger partial charge < -0.3 is 9.64 Å². The minimum absolute atomic E-state index is 0.118. The molecule has 2 saturated heterocycles. The largest absolute Gasteiger partial charge is 0.437 e. The molecule has 0 aromatic heterocycles. The standard InChI is InChI=1S/C18H22F4N2O2/c1-13(18(20,21)22)26-16(25)24-8-6-17(7-9-24)11-23(12-17)10-14-2-4-15(19)5-3-14/h2-5,13H,6-12H2,1H3. The van der Waals surface area contributed by atoms with Crippen molar-refractivity contribution in [2.24, 2.45) is 5.41 Å². The van der Waals surface area contributed by atoms with Crippen LogP contribution in [0.4, 0.5) is 22.4 Å². The van der Waals surface area contributed by atoms with E-state index in [1.807, 2.05) is 0 Å². The third-order valence-electron chi connectivity index (χ3n) is 5.26. The molecule has 0 aliphatic carbocycles. The zero-order valence-corrected chi connectivity index (χ0v) is 14.6. The van der Waals surface area contributed by atoms with E-state index < -0.39 is 18.4 Å². The maximum atomic E-state index is 12.9. The summed E-state index contributed by atoms with van der Waals surface area (Å²) in [7, 11) is 0. The first-order chi connectivity index (χ1) is 12.2. The van der Waals surface area contributed by atoms with E-state index in [1.165, 1.54) is 17.0 Å². The number of carbonyl (C=O) groups is 1. The van der Waals surface area contributed by atoms with Crippen LogP contribution in [0.1, 0.15) is 25.3 Å². The molecule has 3 rings (SSSR count). The molecule has 0 radical (unpaired) electrons. The van der Waals surface area contributed by atoms with Gasteiger partial charge in [-0.05, 0) is 42.9 Å². The van der Waals surface area contributed by atoms with Crippen LogP contribution in [0.3, 0.4) is 0 Å². The van der Waals surface area contributed by atoms with E-state index in [0.29, 0.717) is 13.1 Å². The monoisotopic (exact) mass is 374 g/mol. The lowest BCUT2D eigenvalue weighted by molar-refractivity contribution is -0.200. The summed E-state index contributed by atoms with van der Waals surface area (Å²) < 4.78 is 54.9. The summed E-state index contributed by atoms with van der Waals surface area (Å²) >= 11 is 0. The number of nitrogens with zero attached hydrogens (tertiary/aromatic N) is 2. The van der Waals surface area contributed by atoms with Gasteiger partial charge in [0.15, 0.2) is 6.10 Å². The third kappa shape index (κ3) is 4.28. The summed E-state index contributed by atoms with van der Waals surface area (Å²) in [4.78, 5) is 15.5. The van der Waals surface area contributed by atoms with Crippen molar-refractivity contribution >= 4 is 6.09 Å². The van der Waals surface area contributed by atoms with E-state index in [4.69, 9.17) is 0 Å². The molecular formula is C18H22F4N2O2. The van der Waals surface area contributed by atoms with Crippen LogP contribution in [-0.2, 0) is 11.3 Å². The molecule has 8 heteroatoms. The highest BCUT2D eigenvalue weighted by molar-refractivity contribution is 5.68.